The molecule has 3 rings (SSSR count). The summed E-state index contributed by atoms with van der Waals surface area (Å²) in [4.78, 5) is 2.50. The highest BCUT2D eigenvalue weighted by molar-refractivity contribution is 5.57. The molecule has 1 aromatic rings. The van der Waals surface area contributed by atoms with Crippen LogP contribution in [-0.2, 0) is 6.42 Å². The Kier molecular flexibility index (Phi) is 2.08. The molecule has 2 nitrogen and oxygen atoms in total. The van der Waals surface area contributed by atoms with Gasteiger partial charge in [-0.25, -0.2) is 0 Å². The molecule has 1 saturated carbocycles. The first-order chi connectivity index (χ1) is 7.33. The summed E-state index contributed by atoms with van der Waals surface area (Å²) in [5.41, 5.74) is 2.67. The van der Waals surface area contributed by atoms with Gasteiger partial charge in [0.25, 0.3) is 0 Å². The Bertz CT molecular complexity index is 371. The number of anilines is 1. The van der Waals surface area contributed by atoms with Crippen LogP contribution in [0.2, 0.25) is 0 Å². The van der Waals surface area contributed by atoms with Crippen molar-refractivity contribution in [2.75, 3.05) is 18.0 Å². The standard InChI is InChI=1S/C13H17NO/c15-12-5-6-13-11(8-12)2-1-7-14(13)9-10-3-4-10/h5-6,8,10,15H,1-4,7,9H2. The number of phenolic OH excluding ortho intramolecular Hbond substituents is 1. The van der Waals surface area contributed by atoms with Gasteiger partial charge in [-0.15, -0.1) is 0 Å². The second-order valence-electron chi connectivity index (χ2n) is 4.81. The maximum Gasteiger partial charge on any atom is 0.116 e. The van der Waals surface area contributed by atoms with E-state index in [2.05, 4.69) is 11.0 Å². The highest BCUT2D eigenvalue weighted by Gasteiger charge is 2.26. The van der Waals surface area contributed by atoms with Crippen LogP contribution in [0.3, 0.4) is 0 Å². The molecule has 1 heterocycles. The number of hydrogen-bond acceptors (Lipinski definition) is 2. The molecule has 0 amide bonds. The quantitative estimate of drug-likeness (QED) is 0.798. The lowest BCUT2D eigenvalue weighted by Crippen LogP contribution is -2.31. The summed E-state index contributed by atoms with van der Waals surface area (Å²) < 4.78 is 0. The van der Waals surface area contributed by atoms with Gasteiger partial charge in [0.1, 0.15) is 5.75 Å². The molecule has 1 fully saturated rings. The van der Waals surface area contributed by atoms with Crippen molar-refractivity contribution in [1.82, 2.24) is 0 Å². The van der Waals surface area contributed by atoms with Crippen molar-refractivity contribution < 1.29 is 5.11 Å². The maximum atomic E-state index is 9.45. The Hall–Kier alpha value is -1.18. The molecule has 1 aromatic carbocycles. The number of aromatic hydroxyl groups is 1. The van der Waals surface area contributed by atoms with Gasteiger partial charge in [-0.3, -0.25) is 0 Å². The number of nitrogens with zero attached hydrogens (tertiary/aromatic N) is 1. The minimum absolute atomic E-state index is 0.405. The monoisotopic (exact) mass is 203 g/mol. The summed E-state index contributed by atoms with van der Waals surface area (Å²) in [6.07, 6.45) is 5.15. The van der Waals surface area contributed by atoms with Crippen molar-refractivity contribution in [3.05, 3.63) is 23.8 Å². The zero-order valence-electron chi connectivity index (χ0n) is 8.95. The Balaban J connectivity index is 1.87. The lowest BCUT2D eigenvalue weighted by atomic mass is 10.0. The maximum absolute atomic E-state index is 9.45. The second-order valence-corrected chi connectivity index (χ2v) is 4.81. The third-order valence-electron chi connectivity index (χ3n) is 3.45. The van der Waals surface area contributed by atoms with Crippen LogP contribution in [0.1, 0.15) is 24.8 Å². The number of benzene rings is 1. The van der Waals surface area contributed by atoms with Gasteiger partial charge in [0.15, 0.2) is 0 Å². The average Bonchev–Trinajstić information content (AvgIpc) is 3.01. The molecular weight excluding hydrogens is 186 g/mol. The van der Waals surface area contributed by atoms with Crippen LogP contribution >= 0.6 is 0 Å². The van der Waals surface area contributed by atoms with E-state index in [9.17, 15) is 5.11 Å². The van der Waals surface area contributed by atoms with Crippen LogP contribution in [0.15, 0.2) is 18.2 Å². The summed E-state index contributed by atoms with van der Waals surface area (Å²) in [5.74, 6) is 1.34. The Morgan fingerprint density at radius 2 is 2.20 bits per heavy atom. The predicted molar refractivity (Wildman–Crippen MR) is 61.4 cm³/mol. The fourth-order valence-electron chi connectivity index (χ4n) is 2.46. The number of hydrogen-bond donors (Lipinski definition) is 1. The van der Waals surface area contributed by atoms with E-state index in [4.69, 9.17) is 0 Å². The molecule has 15 heavy (non-hydrogen) atoms. The average molecular weight is 203 g/mol. The fraction of sp³-hybridized carbons (Fsp3) is 0.538. The van der Waals surface area contributed by atoms with Gasteiger partial charge in [0.05, 0.1) is 0 Å². The molecule has 2 heteroatoms. The fourth-order valence-corrected chi connectivity index (χ4v) is 2.46. The first-order valence-electron chi connectivity index (χ1n) is 5.90. The Morgan fingerprint density at radius 3 is 3.00 bits per heavy atom. The third kappa shape index (κ3) is 1.81. The van der Waals surface area contributed by atoms with Crippen LogP contribution in [-0.4, -0.2) is 18.2 Å². The van der Waals surface area contributed by atoms with E-state index in [1.807, 2.05) is 12.1 Å². The lowest BCUT2D eigenvalue weighted by molar-refractivity contribution is 0.474. The molecule has 1 aliphatic heterocycles. The molecule has 80 valence electrons. The summed E-state index contributed by atoms with van der Waals surface area (Å²) in [6, 6.07) is 5.81. The first kappa shape index (κ1) is 9.08. The van der Waals surface area contributed by atoms with Gasteiger partial charge >= 0.3 is 0 Å². The van der Waals surface area contributed by atoms with E-state index in [-0.39, 0.29) is 0 Å². The molecule has 0 bridgehead atoms. The van der Waals surface area contributed by atoms with Gasteiger partial charge < -0.3 is 10.0 Å². The van der Waals surface area contributed by atoms with E-state index < -0.39 is 0 Å². The summed E-state index contributed by atoms with van der Waals surface area (Å²) in [5, 5.41) is 9.45. The van der Waals surface area contributed by atoms with E-state index >= 15 is 0 Å². The number of aryl methyl sites for hydroxylation is 1. The van der Waals surface area contributed by atoms with Crippen molar-refractivity contribution in [2.24, 2.45) is 5.92 Å². The minimum Gasteiger partial charge on any atom is -0.508 e. The van der Waals surface area contributed by atoms with E-state index in [0.717, 1.165) is 12.3 Å². The van der Waals surface area contributed by atoms with Crippen molar-refractivity contribution in [3.63, 3.8) is 0 Å². The Morgan fingerprint density at radius 1 is 1.33 bits per heavy atom. The van der Waals surface area contributed by atoms with Gasteiger partial charge in [-0.2, -0.15) is 0 Å². The van der Waals surface area contributed by atoms with Gasteiger partial charge in [-0.05, 0) is 55.4 Å². The number of fused-ring (bicyclic) bond motifs is 1. The van der Waals surface area contributed by atoms with Crippen LogP contribution in [0, 0.1) is 5.92 Å². The van der Waals surface area contributed by atoms with Crippen molar-refractivity contribution in [2.45, 2.75) is 25.7 Å². The number of rotatable bonds is 2. The van der Waals surface area contributed by atoms with Crippen molar-refractivity contribution in [1.29, 1.82) is 0 Å². The lowest BCUT2D eigenvalue weighted by Gasteiger charge is -2.31. The highest BCUT2D eigenvalue weighted by Crippen LogP contribution is 2.35. The molecule has 1 aliphatic carbocycles. The van der Waals surface area contributed by atoms with Crippen molar-refractivity contribution >= 4 is 5.69 Å². The second kappa shape index (κ2) is 3.44. The molecular formula is C13H17NO. The normalized spacial score (nSPS) is 20.1. The smallest absolute Gasteiger partial charge is 0.116 e. The summed E-state index contributed by atoms with van der Waals surface area (Å²) in [6.45, 7) is 2.41. The SMILES string of the molecule is Oc1ccc2c(c1)CCCN2CC1CC1. The van der Waals surface area contributed by atoms with Crippen LogP contribution in [0.25, 0.3) is 0 Å². The molecule has 0 atom stereocenters. The van der Waals surface area contributed by atoms with Crippen LogP contribution in [0.4, 0.5) is 5.69 Å². The van der Waals surface area contributed by atoms with Gasteiger partial charge in [0.2, 0.25) is 0 Å². The van der Waals surface area contributed by atoms with Crippen molar-refractivity contribution in [3.8, 4) is 5.75 Å². The molecule has 0 radical (unpaired) electrons. The molecule has 0 saturated heterocycles. The highest BCUT2D eigenvalue weighted by atomic mass is 16.3. The zero-order chi connectivity index (χ0) is 10.3. The van der Waals surface area contributed by atoms with Gasteiger partial charge in [0, 0.05) is 18.8 Å². The molecule has 1 N–H and O–H groups in total. The minimum atomic E-state index is 0.405. The number of phenols is 1. The first-order valence-corrected chi connectivity index (χ1v) is 5.90. The molecule has 0 spiro atoms. The predicted octanol–water partition coefficient (Wildman–Crippen LogP) is 2.55. The van der Waals surface area contributed by atoms with Gasteiger partial charge in [-0.1, -0.05) is 0 Å². The summed E-state index contributed by atoms with van der Waals surface area (Å²) >= 11 is 0. The summed E-state index contributed by atoms with van der Waals surface area (Å²) in [7, 11) is 0. The zero-order valence-corrected chi connectivity index (χ0v) is 8.95. The van der Waals surface area contributed by atoms with Crippen LogP contribution in [0.5, 0.6) is 5.75 Å². The third-order valence-corrected chi connectivity index (χ3v) is 3.45. The topological polar surface area (TPSA) is 23.5 Å². The molecule has 0 unspecified atom stereocenters. The van der Waals surface area contributed by atoms with Crippen LogP contribution < -0.4 is 4.90 Å². The Labute approximate surface area is 90.5 Å². The largest absolute Gasteiger partial charge is 0.508 e. The molecule has 2 aliphatic rings. The molecule has 0 aromatic heterocycles. The van der Waals surface area contributed by atoms with E-state index in [0.29, 0.717) is 5.75 Å². The van der Waals surface area contributed by atoms with E-state index in [1.165, 1.54) is 43.6 Å². The van der Waals surface area contributed by atoms with E-state index in [1.54, 1.807) is 0 Å².